The van der Waals surface area contributed by atoms with Gasteiger partial charge in [-0.2, -0.15) is 5.10 Å². The van der Waals surface area contributed by atoms with Gasteiger partial charge in [0.25, 0.3) is 5.91 Å². The average Bonchev–Trinajstić information content (AvgIpc) is 3.32. The third kappa shape index (κ3) is 3.93. The molecule has 3 heterocycles. The quantitative estimate of drug-likeness (QED) is 0.515. The molecule has 0 radical (unpaired) electrons. The van der Waals surface area contributed by atoms with Gasteiger partial charge in [-0.25, -0.2) is 4.68 Å². The minimum absolute atomic E-state index is 0.0292. The zero-order valence-electron chi connectivity index (χ0n) is 16.1. The molecule has 0 saturated heterocycles. The highest BCUT2D eigenvalue weighted by Crippen LogP contribution is 2.33. The number of furan rings is 1. The van der Waals surface area contributed by atoms with Crippen molar-refractivity contribution >= 4 is 28.6 Å². The van der Waals surface area contributed by atoms with Gasteiger partial charge in [0.2, 0.25) is 4.80 Å². The van der Waals surface area contributed by atoms with Crippen molar-refractivity contribution < 1.29 is 13.9 Å². The molecule has 29 heavy (non-hydrogen) atoms. The summed E-state index contributed by atoms with van der Waals surface area (Å²) >= 11 is 1.48. The van der Waals surface area contributed by atoms with Crippen molar-refractivity contribution in [2.24, 2.45) is 10.1 Å². The van der Waals surface area contributed by atoms with Crippen LogP contribution < -0.4 is 14.9 Å². The molecule has 0 atom stereocenters. The summed E-state index contributed by atoms with van der Waals surface area (Å²) in [5.41, 5.74) is 3.11. The lowest BCUT2D eigenvalue weighted by molar-refractivity contribution is -0.118. The van der Waals surface area contributed by atoms with Gasteiger partial charge in [-0.05, 0) is 44.2 Å². The van der Waals surface area contributed by atoms with Crippen LogP contribution in [0, 0.1) is 6.92 Å². The monoisotopic (exact) mass is 408 g/mol. The number of anilines is 1. The highest BCUT2D eigenvalue weighted by atomic mass is 32.1. The van der Waals surface area contributed by atoms with Crippen molar-refractivity contribution in [2.45, 2.75) is 13.8 Å². The van der Waals surface area contributed by atoms with E-state index in [9.17, 15) is 4.79 Å². The Morgan fingerprint density at radius 3 is 3.00 bits per heavy atom. The van der Waals surface area contributed by atoms with E-state index in [1.54, 1.807) is 10.8 Å². The fourth-order valence-corrected chi connectivity index (χ4v) is 3.76. The van der Waals surface area contributed by atoms with Crippen LogP contribution in [0.15, 0.2) is 62.9 Å². The van der Waals surface area contributed by atoms with Crippen molar-refractivity contribution in [1.29, 1.82) is 0 Å². The molecule has 1 aromatic carbocycles. The van der Waals surface area contributed by atoms with Crippen LogP contribution in [0.1, 0.15) is 18.4 Å². The van der Waals surface area contributed by atoms with Gasteiger partial charge in [0.1, 0.15) is 23.0 Å². The first-order valence-electron chi connectivity index (χ1n) is 9.06. The molecule has 1 aliphatic heterocycles. The van der Waals surface area contributed by atoms with Crippen LogP contribution >= 0.6 is 11.3 Å². The molecule has 8 heteroatoms. The Labute approximate surface area is 171 Å². The number of nitrogens with zero attached hydrogens (tertiary/aromatic N) is 3. The lowest BCUT2D eigenvalue weighted by Crippen LogP contribution is -2.25. The van der Waals surface area contributed by atoms with Crippen molar-refractivity contribution in [2.75, 3.05) is 18.5 Å². The van der Waals surface area contributed by atoms with Crippen molar-refractivity contribution in [1.82, 2.24) is 4.68 Å². The van der Waals surface area contributed by atoms with Crippen LogP contribution in [0.2, 0.25) is 0 Å². The third-order valence-corrected chi connectivity index (χ3v) is 5.15. The standard InChI is InChI=1S/C21H20N4O3S/c1-4-9-22-21-25(24-14(3)18-7-5-13(2)28-18)17(12-29-21)15-6-8-19-16(10-15)23-20(26)11-27-19/h4-8,10,12H,1,9,11H2,2-3H3,(H,23,26). The Morgan fingerprint density at radius 2 is 2.24 bits per heavy atom. The van der Waals surface area contributed by atoms with E-state index in [-0.39, 0.29) is 12.5 Å². The molecule has 0 unspecified atom stereocenters. The fraction of sp³-hybridized carbons (Fsp3) is 0.190. The zero-order chi connectivity index (χ0) is 20.4. The zero-order valence-corrected chi connectivity index (χ0v) is 17.0. The number of carbonyl (C=O) groups excluding carboxylic acids is 1. The minimum atomic E-state index is -0.170. The van der Waals surface area contributed by atoms with E-state index in [1.165, 1.54) is 11.3 Å². The molecular formula is C21H20N4O3S. The Bertz CT molecular complexity index is 1180. The van der Waals surface area contributed by atoms with E-state index in [2.05, 4.69) is 16.9 Å². The lowest BCUT2D eigenvalue weighted by Gasteiger charge is -2.18. The minimum Gasteiger partial charge on any atom is -0.482 e. The van der Waals surface area contributed by atoms with Gasteiger partial charge in [0.15, 0.2) is 6.61 Å². The van der Waals surface area contributed by atoms with Gasteiger partial charge in [0, 0.05) is 10.9 Å². The van der Waals surface area contributed by atoms with Crippen LogP contribution in [0.25, 0.3) is 11.3 Å². The molecule has 148 valence electrons. The predicted octanol–water partition coefficient (Wildman–Crippen LogP) is 3.81. The maximum atomic E-state index is 11.7. The molecule has 2 aromatic heterocycles. The normalized spacial score (nSPS) is 14.3. The summed E-state index contributed by atoms with van der Waals surface area (Å²) in [4.78, 5) is 17.0. The number of aryl methyl sites for hydroxylation is 1. The maximum Gasteiger partial charge on any atom is 0.262 e. The summed E-state index contributed by atoms with van der Waals surface area (Å²) in [6, 6.07) is 9.47. The van der Waals surface area contributed by atoms with Gasteiger partial charge in [-0.3, -0.25) is 9.79 Å². The molecular weight excluding hydrogens is 388 g/mol. The molecule has 3 aromatic rings. The van der Waals surface area contributed by atoms with Crippen molar-refractivity contribution in [3.05, 3.63) is 64.7 Å². The average molecular weight is 408 g/mol. The van der Waals surface area contributed by atoms with E-state index in [0.29, 0.717) is 23.7 Å². The van der Waals surface area contributed by atoms with Gasteiger partial charge >= 0.3 is 0 Å². The number of fused-ring (bicyclic) bond motifs is 1. The van der Waals surface area contributed by atoms with Crippen molar-refractivity contribution in [3.8, 4) is 17.0 Å². The molecule has 1 aliphatic rings. The van der Waals surface area contributed by atoms with Gasteiger partial charge in [-0.1, -0.05) is 6.08 Å². The van der Waals surface area contributed by atoms with Crippen LogP contribution in [-0.2, 0) is 4.79 Å². The first-order chi connectivity index (χ1) is 14.0. The summed E-state index contributed by atoms with van der Waals surface area (Å²) < 4.78 is 12.9. The van der Waals surface area contributed by atoms with Gasteiger partial charge < -0.3 is 14.5 Å². The van der Waals surface area contributed by atoms with Crippen LogP contribution in [0.4, 0.5) is 5.69 Å². The Hall–Kier alpha value is -3.39. The summed E-state index contributed by atoms with van der Waals surface area (Å²) in [5.74, 6) is 2.01. The van der Waals surface area contributed by atoms with E-state index in [0.717, 1.165) is 27.5 Å². The molecule has 0 bridgehead atoms. The maximum absolute atomic E-state index is 11.7. The number of thiazole rings is 1. The molecule has 7 nitrogen and oxygen atoms in total. The smallest absolute Gasteiger partial charge is 0.262 e. The van der Waals surface area contributed by atoms with E-state index in [4.69, 9.17) is 14.3 Å². The summed E-state index contributed by atoms with van der Waals surface area (Å²) in [7, 11) is 0. The molecule has 0 fully saturated rings. The predicted molar refractivity (Wildman–Crippen MR) is 114 cm³/mol. The van der Waals surface area contributed by atoms with Crippen molar-refractivity contribution in [3.63, 3.8) is 0 Å². The van der Waals surface area contributed by atoms with E-state index in [1.807, 2.05) is 49.6 Å². The largest absolute Gasteiger partial charge is 0.482 e. The fourth-order valence-electron chi connectivity index (χ4n) is 2.92. The number of rotatable bonds is 5. The first kappa shape index (κ1) is 18.9. The highest BCUT2D eigenvalue weighted by Gasteiger charge is 2.18. The number of nitrogens with one attached hydrogen (secondary N) is 1. The topological polar surface area (TPSA) is 81.1 Å². The molecule has 1 N–H and O–H groups in total. The SMILES string of the molecule is C=CCN=c1scc(-c2ccc3c(c2)NC(=O)CO3)n1N=C(C)c1ccc(C)o1. The number of amides is 1. The van der Waals surface area contributed by atoms with Crippen LogP contribution in [-0.4, -0.2) is 29.4 Å². The number of ether oxygens (including phenoxy) is 1. The first-order valence-corrected chi connectivity index (χ1v) is 9.94. The lowest BCUT2D eigenvalue weighted by atomic mass is 10.1. The third-order valence-electron chi connectivity index (χ3n) is 4.30. The molecule has 0 saturated carbocycles. The second kappa shape index (κ2) is 7.92. The summed E-state index contributed by atoms with van der Waals surface area (Å²) in [6.45, 7) is 8.04. The van der Waals surface area contributed by atoms with Crippen LogP contribution in [0.3, 0.4) is 0 Å². The number of hydrogen-bond donors (Lipinski definition) is 1. The van der Waals surface area contributed by atoms with Crippen LogP contribution in [0.5, 0.6) is 5.75 Å². The highest BCUT2D eigenvalue weighted by molar-refractivity contribution is 7.07. The Kier molecular flexibility index (Phi) is 5.18. The van der Waals surface area contributed by atoms with E-state index >= 15 is 0 Å². The summed E-state index contributed by atoms with van der Waals surface area (Å²) in [5, 5.41) is 9.59. The molecule has 0 spiro atoms. The summed E-state index contributed by atoms with van der Waals surface area (Å²) in [6.07, 6.45) is 1.74. The molecule has 0 aliphatic carbocycles. The van der Waals surface area contributed by atoms with Gasteiger partial charge in [0.05, 0.1) is 17.9 Å². The van der Waals surface area contributed by atoms with Gasteiger partial charge in [-0.15, -0.1) is 17.9 Å². The van der Waals surface area contributed by atoms with E-state index < -0.39 is 0 Å². The Balaban J connectivity index is 1.82. The molecule has 4 rings (SSSR count). The second-order valence-electron chi connectivity index (χ2n) is 6.49. The molecule has 1 amide bonds. The number of hydrogen-bond acceptors (Lipinski definition) is 6. The second-order valence-corrected chi connectivity index (χ2v) is 7.32. The number of benzene rings is 1. The number of aromatic nitrogens is 1. The number of carbonyl (C=O) groups is 1. The Morgan fingerprint density at radius 1 is 1.38 bits per heavy atom.